The predicted molar refractivity (Wildman–Crippen MR) is 108 cm³/mol. The first-order valence-electron chi connectivity index (χ1n) is 8.52. The molecule has 0 aromatic heterocycles. The SMILES string of the molecule is CCOC(=O)/C(=C/Nc1ccc2ccccc2c1)C(=O)c1ccccc1Cl. The quantitative estimate of drug-likeness (QED) is 0.209. The van der Waals surface area contributed by atoms with Gasteiger partial charge in [-0.3, -0.25) is 4.79 Å². The molecule has 0 atom stereocenters. The Morgan fingerprint density at radius 2 is 1.70 bits per heavy atom. The molecule has 0 bridgehead atoms. The van der Waals surface area contributed by atoms with E-state index >= 15 is 0 Å². The summed E-state index contributed by atoms with van der Waals surface area (Å²) < 4.78 is 5.03. The molecule has 0 aliphatic heterocycles. The van der Waals surface area contributed by atoms with Gasteiger partial charge in [0.05, 0.1) is 11.6 Å². The molecule has 0 radical (unpaired) electrons. The number of carbonyl (C=O) groups excluding carboxylic acids is 2. The van der Waals surface area contributed by atoms with Crippen molar-refractivity contribution < 1.29 is 14.3 Å². The molecule has 0 saturated heterocycles. The maximum Gasteiger partial charge on any atom is 0.343 e. The van der Waals surface area contributed by atoms with Gasteiger partial charge >= 0.3 is 5.97 Å². The molecule has 0 spiro atoms. The Kier molecular flexibility index (Phi) is 5.89. The highest BCUT2D eigenvalue weighted by Crippen LogP contribution is 2.21. The maximum absolute atomic E-state index is 12.8. The summed E-state index contributed by atoms with van der Waals surface area (Å²) in [4.78, 5) is 25.1. The molecule has 0 fully saturated rings. The van der Waals surface area contributed by atoms with E-state index in [1.54, 1.807) is 31.2 Å². The first-order valence-corrected chi connectivity index (χ1v) is 8.90. The molecule has 136 valence electrons. The molecule has 0 aliphatic carbocycles. The minimum absolute atomic E-state index is 0.113. The van der Waals surface area contributed by atoms with Crippen LogP contribution < -0.4 is 5.32 Å². The third kappa shape index (κ3) is 4.36. The van der Waals surface area contributed by atoms with Crippen LogP contribution >= 0.6 is 11.6 Å². The number of hydrogen-bond donors (Lipinski definition) is 1. The monoisotopic (exact) mass is 379 g/mol. The molecule has 0 saturated carbocycles. The van der Waals surface area contributed by atoms with Crippen LogP contribution in [0.4, 0.5) is 5.69 Å². The summed E-state index contributed by atoms with van der Waals surface area (Å²) in [7, 11) is 0. The summed E-state index contributed by atoms with van der Waals surface area (Å²) in [6.07, 6.45) is 1.37. The van der Waals surface area contributed by atoms with E-state index < -0.39 is 11.8 Å². The third-order valence-electron chi connectivity index (χ3n) is 3.99. The Labute approximate surface area is 162 Å². The summed E-state index contributed by atoms with van der Waals surface area (Å²) >= 11 is 6.11. The third-order valence-corrected chi connectivity index (χ3v) is 4.32. The lowest BCUT2D eigenvalue weighted by Crippen LogP contribution is -2.18. The first kappa shape index (κ1) is 18.7. The zero-order valence-electron chi connectivity index (χ0n) is 14.7. The lowest BCUT2D eigenvalue weighted by atomic mass is 10.0. The van der Waals surface area contributed by atoms with Crippen LogP contribution in [0.5, 0.6) is 0 Å². The van der Waals surface area contributed by atoms with E-state index in [4.69, 9.17) is 16.3 Å². The van der Waals surface area contributed by atoms with Crippen molar-refractivity contribution in [2.75, 3.05) is 11.9 Å². The molecule has 27 heavy (non-hydrogen) atoms. The lowest BCUT2D eigenvalue weighted by Gasteiger charge is -2.09. The second kappa shape index (κ2) is 8.52. The first-order chi connectivity index (χ1) is 13.1. The van der Waals surface area contributed by atoms with Crippen LogP contribution in [0.2, 0.25) is 5.02 Å². The summed E-state index contributed by atoms with van der Waals surface area (Å²) in [6, 6.07) is 20.3. The van der Waals surface area contributed by atoms with E-state index in [2.05, 4.69) is 5.32 Å². The number of anilines is 1. The van der Waals surface area contributed by atoms with Crippen molar-refractivity contribution in [3.05, 3.63) is 89.1 Å². The molecule has 0 unspecified atom stereocenters. The highest BCUT2D eigenvalue weighted by Gasteiger charge is 2.23. The highest BCUT2D eigenvalue weighted by molar-refractivity contribution is 6.37. The zero-order chi connectivity index (χ0) is 19.2. The molecule has 5 heteroatoms. The standard InChI is InChI=1S/C22H18ClNO3/c1-2-27-22(26)19(21(25)18-9-5-6-10-20(18)23)14-24-17-12-11-15-7-3-4-8-16(15)13-17/h3-14,24H,2H2,1H3/b19-14+. The molecule has 0 aliphatic rings. The largest absolute Gasteiger partial charge is 0.462 e. The van der Waals surface area contributed by atoms with Crippen LogP contribution in [0.1, 0.15) is 17.3 Å². The Bertz CT molecular complexity index is 1030. The molecule has 0 heterocycles. The second-order valence-corrected chi connectivity index (χ2v) is 6.20. The molecular weight excluding hydrogens is 362 g/mol. The number of Topliss-reactive ketones (excluding diaryl/α,β-unsaturated/α-hetero) is 1. The Morgan fingerprint density at radius 1 is 1.00 bits per heavy atom. The second-order valence-electron chi connectivity index (χ2n) is 5.79. The van der Waals surface area contributed by atoms with Gasteiger partial charge in [-0.1, -0.05) is 54.1 Å². The van der Waals surface area contributed by atoms with Crippen LogP contribution in [0, 0.1) is 0 Å². The van der Waals surface area contributed by atoms with E-state index in [0.29, 0.717) is 0 Å². The van der Waals surface area contributed by atoms with Crippen molar-refractivity contribution in [3.8, 4) is 0 Å². The number of nitrogens with one attached hydrogen (secondary N) is 1. The molecule has 0 amide bonds. The number of fused-ring (bicyclic) bond motifs is 1. The van der Waals surface area contributed by atoms with Crippen LogP contribution in [0.15, 0.2) is 78.5 Å². The molecule has 3 aromatic carbocycles. The number of hydrogen-bond acceptors (Lipinski definition) is 4. The van der Waals surface area contributed by atoms with Gasteiger partial charge in [0.2, 0.25) is 5.78 Å². The summed E-state index contributed by atoms with van der Waals surface area (Å²) in [5, 5.41) is 5.45. The van der Waals surface area contributed by atoms with Gasteiger partial charge in [-0.05, 0) is 42.0 Å². The molecule has 4 nitrogen and oxygen atoms in total. The average Bonchev–Trinajstić information content (AvgIpc) is 2.68. The van der Waals surface area contributed by atoms with E-state index in [9.17, 15) is 9.59 Å². The van der Waals surface area contributed by atoms with Crippen molar-refractivity contribution >= 4 is 39.8 Å². The van der Waals surface area contributed by atoms with Gasteiger partial charge in [0.1, 0.15) is 5.57 Å². The fourth-order valence-corrected chi connectivity index (χ4v) is 2.87. The molecule has 1 N–H and O–H groups in total. The predicted octanol–water partition coefficient (Wildman–Crippen LogP) is 5.24. The van der Waals surface area contributed by atoms with Gasteiger partial charge in [-0.25, -0.2) is 4.79 Å². The van der Waals surface area contributed by atoms with Crippen molar-refractivity contribution in [2.24, 2.45) is 0 Å². The van der Waals surface area contributed by atoms with Gasteiger partial charge in [-0.2, -0.15) is 0 Å². The van der Waals surface area contributed by atoms with Gasteiger partial charge in [0.15, 0.2) is 0 Å². The van der Waals surface area contributed by atoms with E-state index in [-0.39, 0.29) is 22.8 Å². The Hall–Kier alpha value is -3.11. The van der Waals surface area contributed by atoms with Crippen LogP contribution in [-0.4, -0.2) is 18.4 Å². The van der Waals surface area contributed by atoms with E-state index in [1.807, 2.05) is 42.5 Å². The van der Waals surface area contributed by atoms with Crippen molar-refractivity contribution in [1.29, 1.82) is 0 Å². The van der Waals surface area contributed by atoms with Crippen molar-refractivity contribution in [3.63, 3.8) is 0 Å². The fourth-order valence-electron chi connectivity index (χ4n) is 2.65. The van der Waals surface area contributed by atoms with Crippen LogP contribution in [0.3, 0.4) is 0 Å². The Balaban J connectivity index is 1.93. The number of carbonyl (C=O) groups is 2. The van der Waals surface area contributed by atoms with E-state index in [0.717, 1.165) is 16.5 Å². The fraction of sp³-hybridized carbons (Fsp3) is 0.0909. The highest BCUT2D eigenvalue weighted by atomic mass is 35.5. The summed E-state index contributed by atoms with van der Waals surface area (Å²) in [6.45, 7) is 1.86. The number of esters is 1. The van der Waals surface area contributed by atoms with Gasteiger partial charge in [0, 0.05) is 17.5 Å². The van der Waals surface area contributed by atoms with Gasteiger partial charge in [0.25, 0.3) is 0 Å². The summed E-state index contributed by atoms with van der Waals surface area (Å²) in [5.74, 6) is -1.19. The van der Waals surface area contributed by atoms with Gasteiger partial charge < -0.3 is 10.1 Å². The van der Waals surface area contributed by atoms with Crippen molar-refractivity contribution in [2.45, 2.75) is 6.92 Å². The Morgan fingerprint density at radius 3 is 2.44 bits per heavy atom. The molecule has 3 aromatic rings. The minimum atomic E-state index is -0.698. The lowest BCUT2D eigenvalue weighted by molar-refractivity contribution is -0.138. The smallest absolute Gasteiger partial charge is 0.343 e. The summed E-state index contributed by atoms with van der Waals surface area (Å²) in [5.41, 5.74) is 0.888. The molecular formula is C22H18ClNO3. The number of halogens is 1. The van der Waals surface area contributed by atoms with Gasteiger partial charge in [-0.15, -0.1) is 0 Å². The number of ether oxygens (including phenoxy) is 1. The number of benzene rings is 3. The minimum Gasteiger partial charge on any atom is -0.462 e. The van der Waals surface area contributed by atoms with Crippen molar-refractivity contribution in [1.82, 2.24) is 0 Å². The topological polar surface area (TPSA) is 55.4 Å². The number of ketones is 1. The average molecular weight is 380 g/mol. The van der Waals surface area contributed by atoms with Crippen LogP contribution in [-0.2, 0) is 9.53 Å². The molecule has 3 rings (SSSR count). The van der Waals surface area contributed by atoms with E-state index in [1.165, 1.54) is 6.20 Å². The maximum atomic E-state index is 12.8. The van der Waals surface area contributed by atoms with Crippen LogP contribution in [0.25, 0.3) is 10.8 Å². The number of rotatable bonds is 6. The zero-order valence-corrected chi connectivity index (χ0v) is 15.5. The normalized spacial score (nSPS) is 11.3.